The quantitative estimate of drug-likeness (QED) is 0.830. The molecule has 1 fully saturated rings. The van der Waals surface area contributed by atoms with E-state index in [9.17, 15) is 8.42 Å². The smallest absolute Gasteiger partial charge is 0.250 e. The number of rotatable bonds is 5. The van der Waals surface area contributed by atoms with E-state index in [0.717, 1.165) is 22.7 Å². The normalized spacial score (nSPS) is 15.4. The molecule has 1 saturated heterocycles. The van der Waals surface area contributed by atoms with Crippen LogP contribution in [0.5, 0.6) is 0 Å². The molecule has 3 rings (SSSR count). The fourth-order valence-electron chi connectivity index (χ4n) is 2.27. The van der Waals surface area contributed by atoms with Gasteiger partial charge in [-0.3, -0.25) is 0 Å². The largest absolute Gasteiger partial charge is 0.357 e. The maximum Gasteiger partial charge on any atom is 0.250 e. The summed E-state index contributed by atoms with van der Waals surface area (Å²) >= 11 is 4.43. The molecule has 0 radical (unpaired) electrons. The summed E-state index contributed by atoms with van der Waals surface area (Å²) in [5.41, 5.74) is 0. The molecule has 1 N–H and O–H groups in total. The topological polar surface area (TPSA) is 75.2 Å². The Morgan fingerprint density at radius 3 is 2.73 bits per heavy atom. The molecular weight excluding hydrogens is 388 g/mol. The minimum atomic E-state index is -3.52. The second-order valence-electron chi connectivity index (χ2n) is 4.91. The Morgan fingerprint density at radius 1 is 1.27 bits per heavy atom. The summed E-state index contributed by atoms with van der Waals surface area (Å²) in [5, 5.41) is 0. The summed E-state index contributed by atoms with van der Waals surface area (Å²) in [5.74, 6) is 1.34. The molecule has 0 amide bonds. The van der Waals surface area contributed by atoms with Crippen LogP contribution in [0, 0.1) is 0 Å². The van der Waals surface area contributed by atoms with Crippen molar-refractivity contribution >= 4 is 43.1 Å². The molecule has 118 valence electrons. The Hall–Kier alpha value is -1.03. The first-order valence-electron chi connectivity index (χ1n) is 6.86. The predicted octanol–water partition coefficient (Wildman–Crippen LogP) is 2.38. The van der Waals surface area contributed by atoms with Crippen LogP contribution in [0.1, 0.15) is 18.7 Å². The summed E-state index contributed by atoms with van der Waals surface area (Å²) in [4.78, 5) is 10.8. The molecule has 0 bridgehead atoms. The molecule has 1 aliphatic heterocycles. The molecule has 3 heterocycles. The van der Waals surface area contributed by atoms with E-state index < -0.39 is 10.0 Å². The van der Waals surface area contributed by atoms with Gasteiger partial charge in [-0.2, -0.15) is 0 Å². The number of anilines is 1. The lowest BCUT2D eigenvalue weighted by Gasteiger charge is -2.16. The van der Waals surface area contributed by atoms with Gasteiger partial charge in [0.05, 0.1) is 10.3 Å². The highest BCUT2D eigenvalue weighted by Crippen LogP contribution is 2.25. The Bertz CT molecular complexity index is 757. The van der Waals surface area contributed by atoms with E-state index in [-0.39, 0.29) is 10.8 Å². The molecule has 9 heteroatoms. The number of nitrogens with zero attached hydrogens (tertiary/aromatic N) is 3. The monoisotopic (exact) mass is 402 g/mol. The molecule has 0 aliphatic carbocycles. The van der Waals surface area contributed by atoms with E-state index in [1.807, 2.05) is 6.07 Å². The lowest BCUT2D eigenvalue weighted by atomic mass is 10.4. The van der Waals surface area contributed by atoms with Crippen LogP contribution in [-0.4, -0.2) is 31.5 Å². The van der Waals surface area contributed by atoms with Crippen LogP contribution < -0.4 is 9.62 Å². The van der Waals surface area contributed by atoms with Crippen LogP contribution >= 0.6 is 27.3 Å². The van der Waals surface area contributed by atoms with Crippen molar-refractivity contribution in [3.8, 4) is 0 Å². The van der Waals surface area contributed by atoms with Crippen molar-refractivity contribution < 1.29 is 8.42 Å². The number of aromatic nitrogens is 2. The molecule has 22 heavy (non-hydrogen) atoms. The van der Waals surface area contributed by atoms with Crippen molar-refractivity contribution in [2.24, 2.45) is 0 Å². The molecule has 1 aliphatic rings. The first kappa shape index (κ1) is 15.9. The molecule has 2 aromatic heterocycles. The first-order valence-corrected chi connectivity index (χ1v) is 9.96. The molecule has 0 atom stereocenters. The maximum absolute atomic E-state index is 12.2. The Kier molecular flexibility index (Phi) is 4.76. The van der Waals surface area contributed by atoms with Gasteiger partial charge in [0.15, 0.2) is 0 Å². The van der Waals surface area contributed by atoms with Crippen LogP contribution in [0.2, 0.25) is 0 Å². The number of hydrogen-bond donors (Lipinski definition) is 1. The zero-order valence-electron chi connectivity index (χ0n) is 11.7. The van der Waals surface area contributed by atoms with E-state index >= 15 is 0 Å². The Morgan fingerprint density at radius 2 is 2.05 bits per heavy atom. The predicted molar refractivity (Wildman–Crippen MR) is 89.5 cm³/mol. The lowest BCUT2D eigenvalue weighted by Crippen LogP contribution is -2.25. The molecule has 0 spiro atoms. The molecule has 6 nitrogen and oxygen atoms in total. The fraction of sp³-hybridized carbons (Fsp3) is 0.385. The number of thiophene rings is 1. The second kappa shape index (κ2) is 6.61. The van der Waals surface area contributed by atoms with Crippen molar-refractivity contribution in [2.75, 3.05) is 18.0 Å². The number of halogens is 1. The van der Waals surface area contributed by atoms with Gasteiger partial charge in [-0.25, -0.2) is 23.1 Å². The van der Waals surface area contributed by atoms with Gasteiger partial charge >= 0.3 is 0 Å². The van der Waals surface area contributed by atoms with Crippen LogP contribution in [0.4, 0.5) is 5.82 Å². The molecular formula is C13H15BrN4O2S2. The second-order valence-corrected chi connectivity index (χ2v) is 9.37. The van der Waals surface area contributed by atoms with Crippen molar-refractivity contribution in [1.82, 2.24) is 14.7 Å². The highest BCUT2D eigenvalue weighted by molar-refractivity contribution is 9.11. The number of hydrogen-bond acceptors (Lipinski definition) is 6. The van der Waals surface area contributed by atoms with E-state index in [1.54, 1.807) is 18.3 Å². The minimum Gasteiger partial charge on any atom is -0.357 e. The lowest BCUT2D eigenvalue weighted by molar-refractivity contribution is 0.581. The van der Waals surface area contributed by atoms with Gasteiger partial charge in [0.1, 0.15) is 15.9 Å². The van der Waals surface area contributed by atoms with Crippen LogP contribution in [0.3, 0.4) is 0 Å². The van der Waals surface area contributed by atoms with Gasteiger partial charge in [-0.1, -0.05) is 0 Å². The zero-order valence-corrected chi connectivity index (χ0v) is 14.9. The summed E-state index contributed by atoms with van der Waals surface area (Å²) in [6.45, 7) is 2.07. The number of sulfonamides is 1. The summed E-state index contributed by atoms with van der Waals surface area (Å²) in [7, 11) is -3.52. The standard InChI is InChI=1S/C13H15BrN4O2S2/c14-10-3-4-13(21-10)22(19,20)16-9-11-15-6-5-12(17-11)18-7-1-2-8-18/h3-6,16H,1-2,7-9H2. The minimum absolute atomic E-state index is 0.0829. The van der Waals surface area contributed by atoms with Gasteiger partial charge < -0.3 is 4.90 Å². The third kappa shape index (κ3) is 3.65. The van der Waals surface area contributed by atoms with Gasteiger partial charge in [0, 0.05) is 19.3 Å². The zero-order chi connectivity index (χ0) is 15.6. The van der Waals surface area contributed by atoms with Crippen molar-refractivity contribution in [1.29, 1.82) is 0 Å². The average molecular weight is 403 g/mol. The van der Waals surface area contributed by atoms with Gasteiger partial charge in [-0.15, -0.1) is 11.3 Å². The Balaban J connectivity index is 1.69. The van der Waals surface area contributed by atoms with E-state index in [4.69, 9.17) is 0 Å². The third-order valence-corrected chi connectivity index (χ3v) is 6.87. The molecule has 2 aromatic rings. The summed E-state index contributed by atoms with van der Waals surface area (Å²) in [6.07, 6.45) is 4.00. The van der Waals surface area contributed by atoms with Crippen molar-refractivity contribution in [3.63, 3.8) is 0 Å². The average Bonchev–Trinajstić information content (AvgIpc) is 3.17. The van der Waals surface area contributed by atoms with Gasteiger partial charge in [0.25, 0.3) is 0 Å². The molecule has 0 unspecified atom stereocenters. The van der Waals surface area contributed by atoms with Crippen molar-refractivity contribution in [2.45, 2.75) is 23.6 Å². The summed E-state index contributed by atoms with van der Waals surface area (Å²) < 4.78 is 27.9. The van der Waals surface area contributed by atoms with Crippen LogP contribution in [-0.2, 0) is 16.6 Å². The van der Waals surface area contributed by atoms with E-state index in [2.05, 4.69) is 35.5 Å². The SMILES string of the molecule is O=S(=O)(NCc1nccc(N2CCCC2)n1)c1ccc(Br)s1. The third-order valence-electron chi connectivity index (χ3n) is 3.35. The molecule has 0 saturated carbocycles. The fourth-order valence-corrected chi connectivity index (χ4v) is 5.30. The van der Waals surface area contributed by atoms with Crippen LogP contribution in [0.25, 0.3) is 0 Å². The Labute approximate surface area is 141 Å². The number of nitrogens with one attached hydrogen (secondary N) is 1. The van der Waals surface area contributed by atoms with Crippen LogP contribution in [0.15, 0.2) is 32.4 Å². The molecule has 0 aromatic carbocycles. The van der Waals surface area contributed by atoms with E-state index in [1.165, 1.54) is 24.2 Å². The highest BCUT2D eigenvalue weighted by Gasteiger charge is 2.18. The van der Waals surface area contributed by atoms with Crippen molar-refractivity contribution in [3.05, 3.63) is 34.0 Å². The maximum atomic E-state index is 12.2. The van der Waals surface area contributed by atoms with Gasteiger partial charge in [-0.05, 0) is 47.0 Å². The van der Waals surface area contributed by atoms with Gasteiger partial charge in [0.2, 0.25) is 10.0 Å². The highest BCUT2D eigenvalue weighted by atomic mass is 79.9. The first-order chi connectivity index (χ1) is 10.5. The van der Waals surface area contributed by atoms with E-state index in [0.29, 0.717) is 5.82 Å². The summed E-state index contributed by atoms with van der Waals surface area (Å²) in [6, 6.07) is 5.14.